The maximum Gasteiger partial charge on any atom is 0.200 e. The maximum absolute atomic E-state index is 12.1. The molecule has 0 saturated heterocycles. The number of carbonyl (C=O) groups is 1. The lowest BCUT2D eigenvalue weighted by molar-refractivity contribution is 0.0920. The van der Waals surface area contributed by atoms with Gasteiger partial charge in [0.2, 0.25) is 0 Å². The third kappa shape index (κ3) is 3.28. The second kappa shape index (κ2) is 6.06. The fourth-order valence-corrected chi connectivity index (χ4v) is 2.11. The molecule has 0 aromatic heterocycles. The van der Waals surface area contributed by atoms with Crippen LogP contribution in [-0.2, 0) is 0 Å². The van der Waals surface area contributed by atoms with E-state index in [1.807, 2.05) is 0 Å². The molecule has 0 fully saturated rings. The molecule has 1 aliphatic heterocycles. The molecule has 0 atom stereocenters. The van der Waals surface area contributed by atoms with E-state index in [0.29, 0.717) is 41.0 Å². The largest absolute Gasteiger partial charge is 0.486 e. The van der Waals surface area contributed by atoms with E-state index in [4.69, 9.17) is 25.8 Å². The van der Waals surface area contributed by atoms with Crippen LogP contribution >= 0.6 is 11.6 Å². The van der Waals surface area contributed by atoms with Gasteiger partial charge >= 0.3 is 0 Å². The van der Waals surface area contributed by atoms with Crippen molar-refractivity contribution in [2.75, 3.05) is 19.8 Å². The summed E-state index contributed by atoms with van der Waals surface area (Å²) in [4.78, 5) is 12.1. The Balaban J connectivity index is 1.66. The number of Topliss-reactive ketones (excluding diaryl/α,β-unsaturated/α-hetero) is 1. The van der Waals surface area contributed by atoms with E-state index >= 15 is 0 Å². The van der Waals surface area contributed by atoms with Gasteiger partial charge in [-0.1, -0.05) is 11.6 Å². The number of halogens is 1. The molecular weight excluding hydrogens is 292 g/mol. The molecule has 0 saturated carbocycles. The minimum Gasteiger partial charge on any atom is -0.486 e. The average Bonchev–Trinajstić information content (AvgIpc) is 2.53. The fraction of sp³-hybridized carbons (Fsp3) is 0.188. The quantitative estimate of drug-likeness (QED) is 0.812. The van der Waals surface area contributed by atoms with Gasteiger partial charge in [0.15, 0.2) is 23.9 Å². The highest BCUT2D eigenvalue weighted by molar-refractivity contribution is 6.30. The summed E-state index contributed by atoms with van der Waals surface area (Å²) in [6.07, 6.45) is 0. The Bertz CT molecular complexity index is 652. The lowest BCUT2D eigenvalue weighted by atomic mass is 10.1. The van der Waals surface area contributed by atoms with Crippen LogP contribution in [0.25, 0.3) is 0 Å². The Morgan fingerprint density at radius 2 is 1.76 bits per heavy atom. The third-order valence-electron chi connectivity index (χ3n) is 3.05. The van der Waals surface area contributed by atoms with Gasteiger partial charge in [-0.15, -0.1) is 0 Å². The van der Waals surface area contributed by atoms with Gasteiger partial charge < -0.3 is 14.2 Å². The van der Waals surface area contributed by atoms with Crippen molar-refractivity contribution in [3.63, 3.8) is 0 Å². The number of hydrogen-bond acceptors (Lipinski definition) is 4. The van der Waals surface area contributed by atoms with Gasteiger partial charge in [-0.05, 0) is 42.5 Å². The molecule has 108 valence electrons. The topological polar surface area (TPSA) is 44.8 Å². The van der Waals surface area contributed by atoms with Gasteiger partial charge in [0, 0.05) is 10.6 Å². The number of fused-ring (bicyclic) bond motifs is 1. The van der Waals surface area contributed by atoms with Crippen LogP contribution in [-0.4, -0.2) is 25.6 Å². The highest BCUT2D eigenvalue weighted by Crippen LogP contribution is 2.30. The van der Waals surface area contributed by atoms with Gasteiger partial charge in [0.05, 0.1) is 0 Å². The summed E-state index contributed by atoms with van der Waals surface area (Å²) in [6.45, 7) is 0.979. The number of benzene rings is 2. The van der Waals surface area contributed by atoms with Crippen molar-refractivity contribution in [2.24, 2.45) is 0 Å². The van der Waals surface area contributed by atoms with Gasteiger partial charge in [0.1, 0.15) is 19.0 Å². The summed E-state index contributed by atoms with van der Waals surface area (Å²) in [6, 6.07) is 12.0. The molecule has 2 aromatic rings. The predicted octanol–water partition coefficient (Wildman–Crippen LogP) is 3.37. The van der Waals surface area contributed by atoms with E-state index in [9.17, 15) is 4.79 Å². The lowest BCUT2D eigenvalue weighted by Crippen LogP contribution is -2.17. The molecule has 0 amide bonds. The van der Waals surface area contributed by atoms with Crippen LogP contribution in [0.5, 0.6) is 17.2 Å². The van der Waals surface area contributed by atoms with Crippen molar-refractivity contribution in [3.05, 3.63) is 53.1 Å². The summed E-state index contributed by atoms with van der Waals surface area (Å²) in [7, 11) is 0. The minimum absolute atomic E-state index is 0.0404. The molecule has 21 heavy (non-hydrogen) atoms. The Hall–Kier alpha value is -2.20. The van der Waals surface area contributed by atoms with E-state index in [0.717, 1.165) is 0 Å². The maximum atomic E-state index is 12.1. The molecule has 3 rings (SSSR count). The molecule has 0 N–H and O–H groups in total. The Morgan fingerprint density at radius 1 is 1.05 bits per heavy atom. The highest BCUT2D eigenvalue weighted by atomic mass is 35.5. The van der Waals surface area contributed by atoms with Gasteiger partial charge in [-0.3, -0.25) is 4.79 Å². The zero-order valence-electron chi connectivity index (χ0n) is 11.2. The number of hydrogen-bond donors (Lipinski definition) is 0. The monoisotopic (exact) mass is 304 g/mol. The predicted molar refractivity (Wildman–Crippen MR) is 78.7 cm³/mol. The first-order chi connectivity index (χ1) is 10.2. The summed E-state index contributed by atoms with van der Waals surface area (Å²) < 4.78 is 16.3. The van der Waals surface area contributed by atoms with Crippen LogP contribution in [0.2, 0.25) is 5.02 Å². The zero-order chi connectivity index (χ0) is 14.7. The SMILES string of the molecule is O=C(COc1ccc(Cl)cc1)c1ccc2c(c1)OCCO2. The van der Waals surface area contributed by atoms with Crippen LogP contribution in [0, 0.1) is 0 Å². The highest BCUT2D eigenvalue weighted by Gasteiger charge is 2.15. The Morgan fingerprint density at radius 3 is 2.52 bits per heavy atom. The third-order valence-corrected chi connectivity index (χ3v) is 3.30. The summed E-state index contributed by atoms with van der Waals surface area (Å²) in [5.74, 6) is 1.74. The molecule has 5 heteroatoms. The number of ether oxygens (including phenoxy) is 3. The molecular formula is C16H13ClO4. The summed E-state index contributed by atoms with van der Waals surface area (Å²) in [5, 5.41) is 0.625. The van der Waals surface area contributed by atoms with Gasteiger partial charge in [-0.25, -0.2) is 0 Å². The Kier molecular flexibility index (Phi) is 3.97. The first-order valence-electron chi connectivity index (χ1n) is 6.53. The molecule has 1 heterocycles. The van der Waals surface area contributed by atoms with E-state index in [2.05, 4.69) is 0 Å². The van der Waals surface area contributed by atoms with Crippen LogP contribution in [0.3, 0.4) is 0 Å². The smallest absolute Gasteiger partial charge is 0.200 e. The zero-order valence-corrected chi connectivity index (χ0v) is 11.9. The molecule has 0 aliphatic carbocycles. The van der Waals surface area contributed by atoms with Gasteiger partial charge in [0.25, 0.3) is 0 Å². The molecule has 0 spiro atoms. The van der Waals surface area contributed by atoms with Crippen molar-refractivity contribution >= 4 is 17.4 Å². The molecule has 1 aliphatic rings. The van der Waals surface area contributed by atoms with Crippen LogP contribution in [0.4, 0.5) is 0 Å². The minimum atomic E-state index is -0.123. The second-order valence-corrected chi connectivity index (χ2v) is 4.96. The Labute approximate surface area is 127 Å². The first kappa shape index (κ1) is 13.8. The average molecular weight is 305 g/mol. The van der Waals surface area contributed by atoms with Crippen LogP contribution < -0.4 is 14.2 Å². The second-order valence-electron chi connectivity index (χ2n) is 4.52. The van der Waals surface area contributed by atoms with E-state index < -0.39 is 0 Å². The first-order valence-corrected chi connectivity index (χ1v) is 6.91. The number of carbonyl (C=O) groups excluding carboxylic acids is 1. The molecule has 2 aromatic carbocycles. The fourth-order valence-electron chi connectivity index (χ4n) is 1.98. The lowest BCUT2D eigenvalue weighted by Gasteiger charge is -2.18. The van der Waals surface area contributed by atoms with E-state index in [1.54, 1.807) is 42.5 Å². The van der Waals surface area contributed by atoms with Crippen LogP contribution in [0.1, 0.15) is 10.4 Å². The molecule has 0 bridgehead atoms. The van der Waals surface area contributed by atoms with E-state index in [-0.39, 0.29) is 12.4 Å². The summed E-state index contributed by atoms with van der Waals surface area (Å²) in [5.41, 5.74) is 0.535. The molecule has 0 radical (unpaired) electrons. The van der Waals surface area contributed by atoms with Gasteiger partial charge in [-0.2, -0.15) is 0 Å². The number of ketones is 1. The normalized spacial score (nSPS) is 12.8. The standard InChI is InChI=1S/C16H13ClO4/c17-12-2-4-13(5-3-12)21-10-14(18)11-1-6-15-16(9-11)20-8-7-19-15/h1-6,9H,7-8,10H2. The molecule has 0 unspecified atom stereocenters. The van der Waals surface area contributed by atoms with Crippen molar-refractivity contribution in [2.45, 2.75) is 0 Å². The van der Waals surface area contributed by atoms with Crippen molar-refractivity contribution in [1.82, 2.24) is 0 Å². The van der Waals surface area contributed by atoms with Crippen LogP contribution in [0.15, 0.2) is 42.5 Å². The summed E-state index contributed by atoms with van der Waals surface area (Å²) >= 11 is 5.79. The van der Waals surface area contributed by atoms with Crippen molar-refractivity contribution < 1.29 is 19.0 Å². The van der Waals surface area contributed by atoms with E-state index in [1.165, 1.54) is 0 Å². The number of rotatable bonds is 4. The van der Waals surface area contributed by atoms with Crippen molar-refractivity contribution in [3.8, 4) is 17.2 Å². The molecule has 4 nitrogen and oxygen atoms in total. The van der Waals surface area contributed by atoms with Crippen molar-refractivity contribution in [1.29, 1.82) is 0 Å².